The Balaban J connectivity index is 0.000000175. The lowest BCUT2D eigenvalue weighted by Gasteiger charge is -2.08. The topological polar surface area (TPSA) is 123 Å². The van der Waals surface area contributed by atoms with Crippen LogP contribution in [0.4, 0.5) is 11.4 Å². The molecular weight excluding hydrogens is 693 g/mol. The Kier molecular flexibility index (Phi) is 9.39. The number of benzene rings is 4. The first-order valence-corrected chi connectivity index (χ1v) is 18.3. The average Bonchev–Trinajstić information content (AvgIpc) is 3.54. The summed E-state index contributed by atoms with van der Waals surface area (Å²) in [5.74, 6) is -0.407. The van der Waals surface area contributed by atoms with Gasteiger partial charge in [-0.1, -0.05) is 41.6 Å². The lowest BCUT2D eigenvalue weighted by molar-refractivity contribution is 0.0962. The molecule has 0 saturated heterocycles. The number of hydrogen-bond acceptors (Lipinski definition) is 8. The molecular formula is C41H34N4O5S2. The maximum atomic E-state index is 13.0. The van der Waals surface area contributed by atoms with Gasteiger partial charge < -0.3 is 19.6 Å². The molecule has 4 aromatic carbocycles. The Morgan fingerprint density at radius 3 is 2.40 bits per heavy atom. The summed E-state index contributed by atoms with van der Waals surface area (Å²) in [6.45, 7) is 8.41. The summed E-state index contributed by atoms with van der Waals surface area (Å²) in [6.07, 6.45) is 0. The van der Waals surface area contributed by atoms with E-state index in [1.54, 1.807) is 41.6 Å². The van der Waals surface area contributed by atoms with Gasteiger partial charge in [-0.2, -0.15) is 0 Å². The third-order valence-electron chi connectivity index (χ3n) is 8.88. The number of pyridine rings is 1. The first kappa shape index (κ1) is 34.7. The minimum Gasteiger partial charge on any atom is -0.423 e. The summed E-state index contributed by atoms with van der Waals surface area (Å²) in [4.78, 5) is 56.8. The summed E-state index contributed by atoms with van der Waals surface area (Å²) in [6, 6.07) is 28.1. The van der Waals surface area contributed by atoms with Crippen LogP contribution < -0.4 is 21.8 Å². The van der Waals surface area contributed by atoms with Crippen LogP contribution in [0.5, 0.6) is 0 Å². The summed E-state index contributed by atoms with van der Waals surface area (Å²) in [7, 11) is 1.63. The molecule has 0 saturated carbocycles. The van der Waals surface area contributed by atoms with Gasteiger partial charge in [0.1, 0.15) is 5.58 Å². The van der Waals surface area contributed by atoms with Crippen LogP contribution in [0.1, 0.15) is 50.6 Å². The fourth-order valence-corrected chi connectivity index (χ4v) is 8.39. The zero-order valence-corrected chi connectivity index (χ0v) is 30.8. The lowest BCUT2D eigenvalue weighted by atomic mass is 10.1. The Labute approximate surface area is 307 Å². The molecule has 0 spiro atoms. The number of aliphatic imine (C=N–C) groups is 1. The number of nitrogens with one attached hydrogen (secondary N) is 2. The second-order valence-electron chi connectivity index (χ2n) is 12.4. The second kappa shape index (κ2) is 14.1. The van der Waals surface area contributed by atoms with Gasteiger partial charge in [-0.15, -0.1) is 11.3 Å². The number of carbonyl (C=O) groups is 2. The van der Waals surface area contributed by atoms with Crippen molar-refractivity contribution in [3.05, 3.63) is 139 Å². The van der Waals surface area contributed by atoms with E-state index in [1.165, 1.54) is 27.9 Å². The van der Waals surface area contributed by atoms with E-state index in [1.807, 2.05) is 69.3 Å². The molecule has 52 heavy (non-hydrogen) atoms. The Morgan fingerprint density at radius 1 is 0.827 bits per heavy atom. The van der Waals surface area contributed by atoms with Crippen LogP contribution in [-0.2, 0) is 6.54 Å². The van der Waals surface area contributed by atoms with Crippen LogP contribution in [0.2, 0.25) is 0 Å². The minimum absolute atomic E-state index is 0.0896. The van der Waals surface area contributed by atoms with E-state index in [0.29, 0.717) is 33.6 Å². The van der Waals surface area contributed by atoms with Crippen molar-refractivity contribution in [1.82, 2.24) is 9.88 Å². The molecule has 0 radical (unpaired) electrons. The predicted molar refractivity (Wildman–Crippen MR) is 211 cm³/mol. The first-order chi connectivity index (χ1) is 25.0. The van der Waals surface area contributed by atoms with Crippen molar-refractivity contribution < 1.29 is 14.0 Å². The maximum absolute atomic E-state index is 13.0. The Hall–Kier alpha value is -5.78. The summed E-state index contributed by atoms with van der Waals surface area (Å²) < 4.78 is 7.78. The number of aromatic nitrogens is 1. The molecule has 260 valence electrons. The van der Waals surface area contributed by atoms with Gasteiger partial charge >= 0.3 is 5.63 Å². The highest BCUT2D eigenvalue weighted by Gasteiger charge is 2.19. The molecule has 0 aliphatic carbocycles. The minimum atomic E-state index is -0.433. The maximum Gasteiger partial charge on any atom is 0.336 e. The van der Waals surface area contributed by atoms with Gasteiger partial charge in [-0.3, -0.25) is 19.4 Å². The smallest absolute Gasteiger partial charge is 0.336 e. The van der Waals surface area contributed by atoms with Crippen molar-refractivity contribution >= 4 is 84.0 Å². The quantitative estimate of drug-likeness (QED) is 0.175. The van der Waals surface area contributed by atoms with Crippen molar-refractivity contribution in [3.63, 3.8) is 0 Å². The van der Waals surface area contributed by atoms with Crippen molar-refractivity contribution in [1.29, 1.82) is 0 Å². The Bertz CT molecular complexity index is 2740. The van der Waals surface area contributed by atoms with E-state index in [2.05, 4.69) is 35.8 Å². The summed E-state index contributed by atoms with van der Waals surface area (Å²) in [5, 5.41) is 7.79. The number of rotatable bonds is 4. The second-order valence-corrected chi connectivity index (χ2v) is 14.5. The molecule has 0 atom stereocenters. The summed E-state index contributed by atoms with van der Waals surface area (Å²) in [5.41, 5.74) is 6.92. The number of fused-ring (bicyclic) bond motifs is 6. The average molecular weight is 727 g/mol. The van der Waals surface area contributed by atoms with Gasteiger partial charge in [0.05, 0.1) is 21.5 Å². The fourth-order valence-electron chi connectivity index (χ4n) is 6.28. The zero-order chi connectivity index (χ0) is 36.7. The number of thiophene rings is 1. The molecule has 2 N–H and O–H groups in total. The van der Waals surface area contributed by atoms with Gasteiger partial charge in [-0.05, 0) is 87.9 Å². The molecule has 0 fully saturated rings. The van der Waals surface area contributed by atoms with E-state index >= 15 is 0 Å². The molecule has 8 rings (SSSR count). The molecule has 0 unspecified atom stereocenters. The van der Waals surface area contributed by atoms with E-state index in [4.69, 9.17) is 9.41 Å². The number of para-hydroxylation sites is 1. The predicted octanol–water partition coefficient (Wildman–Crippen LogP) is 8.86. The molecule has 0 bridgehead atoms. The van der Waals surface area contributed by atoms with Crippen LogP contribution in [0.15, 0.2) is 120 Å². The Morgan fingerprint density at radius 2 is 1.62 bits per heavy atom. The van der Waals surface area contributed by atoms with E-state index in [9.17, 15) is 19.2 Å². The number of aryl methyl sites for hydroxylation is 3. The van der Waals surface area contributed by atoms with Crippen LogP contribution in [-0.4, -0.2) is 29.1 Å². The summed E-state index contributed by atoms with van der Waals surface area (Å²) >= 11 is 2.99. The molecule has 1 aliphatic heterocycles. The monoisotopic (exact) mass is 726 g/mol. The van der Waals surface area contributed by atoms with Crippen molar-refractivity contribution in [2.75, 3.05) is 12.4 Å². The van der Waals surface area contributed by atoms with E-state index < -0.39 is 5.63 Å². The van der Waals surface area contributed by atoms with Crippen LogP contribution >= 0.6 is 23.1 Å². The van der Waals surface area contributed by atoms with E-state index in [-0.39, 0.29) is 17.4 Å². The number of hydrogen-bond donors (Lipinski definition) is 2. The molecule has 3 aromatic heterocycles. The molecule has 7 aromatic rings. The van der Waals surface area contributed by atoms with Gasteiger partial charge in [0, 0.05) is 73.5 Å². The SMILES string of the molecule is CCn1c(=O)c2cc(C(=O)Nc3ccc4c(C)cc(=O)oc4c3)sc2c2ccccc21.CNC(=O)c1ccc2c(c1)N=C(C)c1cc(C)ccc1S2. The highest BCUT2D eigenvalue weighted by atomic mass is 32.2. The van der Waals surface area contributed by atoms with E-state index in [0.717, 1.165) is 48.4 Å². The van der Waals surface area contributed by atoms with Crippen LogP contribution in [0.25, 0.3) is 32.0 Å². The highest BCUT2D eigenvalue weighted by Crippen LogP contribution is 2.41. The standard InChI is InChI=1S/C24H18N2O4S.C17H16N2OS/c1-3-26-18-7-5-4-6-16(18)22-17(24(26)29)12-20(31-22)23(28)25-14-8-9-15-13(2)10-21(27)30-19(15)11-14;1-10-4-6-15-13(8-10)11(2)19-14-9-12(17(20)18-3)5-7-16(14)21-15/h4-12H,3H2,1-2H3,(H,25,28);4-9H,1-3H3,(H,18,20). The zero-order valence-electron chi connectivity index (χ0n) is 29.1. The van der Waals surface area contributed by atoms with Gasteiger partial charge in [0.15, 0.2) is 0 Å². The molecule has 11 heteroatoms. The van der Waals surface area contributed by atoms with Crippen molar-refractivity contribution in [3.8, 4) is 0 Å². The normalized spacial score (nSPS) is 12.0. The van der Waals surface area contributed by atoms with Crippen LogP contribution in [0, 0.1) is 13.8 Å². The molecule has 1 aliphatic rings. The number of amides is 2. The third kappa shape index (κ3) is 6.56. The number of nitrogens with zero attached hydrogens (tertiary/aromatic N) is 2. The first-order valence-electron chi connectivity index (χ1n) is 16.7. The third-order valence-corrected chi connectivity index (χ3v) is 11.2. The van der Waals surface area contributed by atoms with Crippen molar-refractivity contribution in [2.45, 2.75) is 44.0 Å². The molecule has 9 nitrogen and oxygen atoms in total. The van der Waals surface area contributed by atoms with Gasteiger partial charge in [0.2, 0.25) is 0 Å². The van der Waals surface area contributed by atoms with Crippen molar-refractivity contribution in [2.24, 2.45) is 4.99 Å². The molecule has 2 amide bonds. The van der Waals surface area contributed by atoms with Gasteiger partial charge in [0.25, 0.3) is 17.4 Å². The number of anilines is 1. The lowest BCUT2D eigenvalue weighted by Crippen LogP contribution is -2.19. The molecule has 4 heterocycles. The number of carbonyl (C=O) groups excluding carboxylic acids is 2. The fraction of sp³-hybridized carbons (Fsp3) is 0.146. The van der Waals surface area contributed by atoms with Gasteiger partial charge in [-0.25, -0.2) is 4.79 Å². The highest BCUT2D eigenvalue weighted by molar-refractivity contribution is 7.99. The van der Waals surface area contributed by atoms with Crippen LogP contribution in [0.3, 0.4) is 0 Å². The largest absolute Gasteiger partial charge is 0.423 e.